The first kappa shape index (κ1) is 29.5. The smallest absolute Gasteiger partial charge is 0.410 e. The van der Waals surface area contributed by atoms with Gasteiger partial charge in [-0.25, -0.2) is 19.6 Å². The number of ether oxygens (including phenoxy) is 1. The van der Waals surface area contributed by atoms with Crippen LogP contribution in [0.2, 0.25) is 0 Å². The lowest BCUT2D eigenvalue weighted by Gasteiger charge is -2.27. The largest absolute Gasteiger partial charge is 0.465 e. The van der Waals surface area contributed by atoms with Crippen molar-refractivity contribution in [2.24, 2.45) is 0 Å². The van der Waals surface area contributed by atoms with Gasteiger partial charge in [0.1, 0.15) is 17.2 Å². The summed E-state index contributed by atoms with van der Waals surface area (Å²) in [7, 11) is 0. The van der Waals surface area contributed by atoms with Gasteiger partial charge in [-0.2, -0.15) is 0 Å². The first-order chi connectivity index (χ1) is 22.1. The van der Waals surface area contributed by atoms with Gasteiger partial charge >= 0.3 is 12.2 Å². The third-order valence-electron chi connectivity index (χ3n) is 8.70. The Morgan fingerprint density at radius 2 is 1.48 bits per heavy atom. The molecule has 236 valence electrons. The van der Waals surface area contributed by atoms with Gasteiger partial charge in [-0.05, 0) is 75.8 Å². The number of carbonyl (C=O) groups is 2. The van der Waals surface area contributed by atoms with Gasteiger partial charge in [0.25, 0.3) is 0 Å². The number of aromatic amines is 2. The number of likely N-dealkylation sites (tertiary alicyclic amines) is 2. The highest BCUT2D eigenvalue weighted by Gasteiger charge is 2.35. The van der Waals surface area contributed by atoms with E-state index in [2.05, 4.69) is 21.0 Å². The van der Waals surface area contributed by atoms with Gasteiger partial charge in [0, 0.05) is 30.4 Å². The number of amides is 2. The van der Waals surface area contributed by atoms with Crippen molar-refractivity contribution in [3.63, 3.8) is 0 Å². The van der Waals surface area contributed by atoms with E-state index in [9.17, 15) is 14.7 Å². The van der Waals surface area contributed by atoms with Crippen molar-refractivity contribution in [1.82, 2.24) is 34.7 Å². The number of hydrogen-bond acceptors (Lipinski definition) is 6. The minimum absolute atomic E-state index is 0.139. The highest BCUT2D eigenvalue weighted by Crippen LogP contribution is 2.35. The van der Waals surface area contributed by atoms with Crippen LogP contribution in [0.3, 0.4) is 0 Å². The molecule has 5 heterocycles. The predicted octanol–water partition coefficient (Wildman–Crippen LogP) is 7.57. The lowest BCUT2D eigenvalue weighted by molar-refractivity contribution is 0.0219. The van der Waals surface area contributed by atoms with E-state index in [1.165, 1.54) is 4.90 Å². The number of fused-ring (bicyclic) bond motifs is 1. The molecule has 2 atom stereocenters. The Balaban J connectivity index is 1.05. The summed E-state index contributed by atoms with van der Waals surface area (Å²) in [5, 5.41) is 9.48. The molecule has 0 bridgehead atoms. The van der Waals surface area contributed by atoms with Crippen LogP contribution in [0.5, 0.6) is 0 Å². The summed E-state index contributed by atoms with van der Waals surface area (Å²) in [6.07, 6.45) is 5.77. The minimum Gasteiger partial charge on any atom is -0.465 e. The molecule has 46 heavy (non-hydrogen) atoms. The van der Waals surface area contributed by atoms with Gasteiger partial charge in [0.05, 0.1) is 40.7 Å². The number of pyridine rings is 1. The lowest BCUT2D eigenvalue weighted by atomic mass is 10.0. The van der Waals surface area contributed by atoms with Crippen LogP contribution in [0.15, 0.2) is 67.0 Å². The second-order valence-electron chi connectivity index (χ2n) is 13.0. The van der Waals surface area contributed by atoms with Crippen molar-refractivity contribution in [3.8, 4) is 33.6 Å². The highest BCUT2D eigenvalue weighted by atomic mass is 16.6. The zero-order chi connectivity index (χ0) is 32.0. The van der Waals surface area contributed by atoms with Crippen molar-refractivity contribution in [1.29, 1.82) is 0 Å². The molecule has 0 aliphatic carbocycles. The number of H-pyrrole nitrogens is 2. The zero-order valence-electron chi connectivity index (χ0n) is 26.2. The molecule has 0 radical (unpaired) electrons. The normalized spacial score (nSPS) is 18.4. The van der Waals surface area contributed by atoms with Gasteiger partial charge < -0.3 is 19.8 Å². The Hall–Kier alpha value is -5.19. The van der Waals surface area contributed by atoms with Crippen LogP contribution in [-0.2, 0) is 4.74 Å². The van der Waals surface area contributed by atoms with E-state index in [1.807, 2.05) is 75.5 Å². The number of carboxylic acid groups (broad SMARTS) is 1. The van der Waals surface area contributed by atoms with Crippen molar-refractivity contribution in [2.45, 2.75) is 64.1 Å². The number of carbonyl (C=O) groups excluding carboxylic acids is 1. The molecule has 7 rings (SSSR count). The number of benzene rings is 2. The van der Waals surface area contributed by atoms with Crippen molar-refractivity contribution in [3.05, 3.63) is 78.6 Å². The van der Waals surface area contributed by atoms with Crippen LogP contribution in [-0.4, -0.2) is 70.7 Å². The first-order valence-electron chi connectivity index (χ1n) is 15.7. The zero-order valence-corrected chi connectivity index (χ0v) is 26.2. The van der Waals surface area contributed by atoms with E-state index in [4.69, 9.17) is 14.7 Å². The highest BCUT2D eigenvalue weighted by molar-refractivity contribution is 5.82. The molecule has 3 aromatic heterocycles. The lowest BCUT2D eigenvalue weighted by Crippen LogP contribution is -2.36. The quantitative estimate of drug-likeness (QED) is 0.184. The Bertz CT molecular complexity index is 1890. The number of nitrogens with one attached hydrogen (secondary N) is 2. The Kier molecular flexibility index (Phi) is 7.46. The minimum atomic E-state index is -0.909. The second kappa shape index (κ2) is 11.6. The third-order valence-corrected chi connectivity index (χ3v) is 8.70. The predicted molar refractivity (Wildman–Crippen MR) is 174 cm³/mol. The maximum atomic E-state index is 12.8. The molecule has 2 aliphatic heterocycles. The van der Waals surface area contributed by atoms with E-state index < -0.39 is 11.7 Å². The standard InChI is InChI=1S/C35H37N7O4/c1-35(2,3)46-34(45)42-17-5-7-30(42)32-38-26-15-12-23(18-27(26)39-32)25-14-13-24(19-36-25)21-8-10-22(11-9-21)28-20-37-31(40-28)29-6-4-16-41(29)33(43)44/h8-15,18-20,29-30H,4-7,16-17H2,1-3H3,(H,37,40)(H,38,39)(H,43,44)/t29-,30-/m0/s1. The Labute approximate surface area is 266 Å². The van der Waals surface area contributed by atoms with Gasteiger partial charge in [0.15, 0.2) is 0 Å². The molecule has 3 N–H and O–H groups in total. The number of imidazole rings is 2. The van der Waals surface area contributed by atoms with Crippen molar-refractivity contribution < 1.29 is 19.4 Å². The molecular weight excluding hydrogens is 582 g/mol. The Morgan fingerprint density at radius 1 is 0.804 bits per heavy atom. The molecule has 2 fully saturated rings. The van der Waals surface area contributed by atoms with Crippen LogP contribution in [0.1, 0.15) is 70.2 Å². The second-order valence-corrected chi connectivity index (χ2v) is 13.0. The molecule has 2 saturated heterocycles. The van der Waals surface area contributed by atoms with Gasteiger partial charge in [0.2, 0.25) is 0 Å². The van der Waals surface area contributed by atoms with Crippen LogP contribution in [0.4, 0.5) is 9.59 Å². The summed E-state index contributed by atoms with van der Waals surface area (Å²) in [4.78, 5) is 48.5. The molecule has 5 aromatic rings. The topological polar surface area (TPSA) is 140 Å². The SMILES string of the molecule is CC(C)(C)OC(=O)N1CCC[C@H]1c1nc2cc(-c3ccc(-c4ccc(-c5cnc([C@@H]6CCCN6C(=O)O)[nH]5)cc4)cn3)ccc2[nH]1. The molecule has 0 unspecified atom stereocenters. The molecular formula is C35H37N7O4. The average molecular weight is 620 g/mol. The fourth-order valence-corrected chi connectivity index (χ4v) is 6.44. The number of aromatic nitrogens is 5. The van der Waals surface area contributed by atoms with Gasteiger partial charge in [-0.1, -0.05) is 36.4 Å². The molecule has 11 nitrogen and oxygen atoms in total. The molecule has 2 amide bonds. The van der Waals surface area contributed by atoms with E-state index in [0.717, 1.165) is 76.2 Å². The van der Waals surface area contributed by atoms with Crippen LogP contribution in [0.25, 0.3) is 44.7 Å². The molecule has 11 heteroatoms. The van der Waals surface area contributed by atoms with E-state index >= 15 is 0 Å². The molecule has 0 spiro atoms. The van der Waals surface area contributed by atoms with Crippen molar-refractivity contribution in [2.75, 3.05) is 13.1 Å². The van der Waals surface area contributed by atoms with Crippen molar-refractivity contribution >= 4 is 23.2 Å². The summed E-state index contributed by atoms with van der Waals surface area (Å²) < 4.78 is 5.64. The average Bonchev–Trinajstić information content (AvgIpc) is 3.85. The van der Waals surface area contributed by atoms with Crippen LogP contribution < -0.4 is 0 Å². The van der Waals surface area contributed by atoms with Gasteiger partial charge in [-0.3, -0.25) is 14.8 Å². The first-order valence-corrected chi connectivity index (χ1v) is 15.7. The fourth-order valence-electron chi connectivity index (χ4n) is 6.44. The number of rotatable bonds is 5. The summed E-state index contributed by atoms with van der Waals surface area (Å²) in [6.45, 7) is 6.82. The third kappa shape index (κ3) is 5.80. The summed E-state index contributed by atoms with van der Waals surface area (Å²) in [5.41, 5.74) is 6.86. The van der Waals surface area contributed by atoms with Crippen LogP contribution in [0, 0.1) is 0 Å². The molecule has 0 saturated carbocycles. The summed E-state index contributed by atoms with van der Waals surface area (Å²) in [6, 6.07) is 17.9. The summed E-state index contributed by atoms with van der Waals surface area (Å²) >= 11 is 0. The Morgan fingerprint density at radius 3 is 2.17 bits per heavy atom. The van der Waals surface area contributed by atoms with Gasteiger partial charge in [-0.15, -0.1) is 0 Å². The number of nitrogens with zero attached hydrogens (tertiary/aromatic N) is 5. The van der Waals surface area contributed by atoms with E-state index in [-0.39, 0.29) is 18.2 Å². The van der Waals surface area contributed by atoms with E-state index in [0.29, 0.717) is 18.9 Å². The fraction of sp³-hybridized carbons (Fsp3) is 0.343. The maximum absolute atomic E-state index is 12.8. The monoisotopic (exact) mass is 619 g/mol. The van der Waals surface area contributed by atoms with E-state index in [1.54, 1.807) is 11.1 Å². The number of hydrogen-bond donors (Lipinski definition) is 3. The maximum Gasteiger partial charge on any atom is 0.410 e. The molecule has 2 aliphatic rings. The summed E-state index contributed by atoms with van der Waals surface area (Å²) in [5.74, 6) is 1.46. The molecule has 2 aromatic carbocycles. The van der Waals surface area contributed by atoms with Crippen LogP contribution >= 0.6 is 0 Å².